The summed E-state index contributed by atoms with van der Waals surface area (Å²) in [5.74, 6) is 0.442. The van der Waals surface area contributed by atoms with Crippen molar-refractivity contribution in [2.75, 3.05) is 6.61 Å². The average molecular weight is 347 g/mol. The number of carbonyl (C=O) groups is 1. The van der Waals surface area contributed by atoms with Gasteiger partial charge in [0.1, 0.15) is 12.4 Å². The van der Waals surface area contributed by atoms with Gasteiger partial charge in [0.05, 0.1) is 17.8 Å². The number of aromatic nitrogens is 1. The molecule has 0 saturated carbocycles. The number of benzene rings is 2. The van der Waals surface area contributed by atoms with E-state index >= 15 is 0 Å². The lowest BCUT2D eigenvalue weighted by molar-refractivity contribution is -0.137. The van der Waals surface area contributed by atoms with Gasteiger partial charge in [-0.25, -0.2) is 9.78 Å². The molecule has 0 aliphatic carbocycles. The van der Waals surface area contributed by atoms with Gasteiger partial charge < -0.3 is 9.47 Å². The number of ether oxygens (including phenoxy) is 2. The highest BCUT2D eigenvalue weighted by atomic mass is 16.5. The van der Waals surface area contributed by atoms with Crippen molar-refractivity contribution in [3.63, 3.8) is 0 Å². The van der Waals surface area contributed by atoms with Crippen molar-refractivity contribution in [1.29, 1.82) is 0 Å². The maximum Gasteiger partial charge on any atom is 0.330 e. The van der Waals surface area contributed by atoms with Gasteiger partial charge in [-0.1, -0.05) is 30.3 Å². The maximum absolute atomic E-state index is 11.4. The van der Waals surface area contributed by atoms with Crippen LogP contribution in [0.15, 0.2) is 60.7 Å². The van der Waals surface area contributed by atoms with Gasteiger partial charge in [0.25, 0.3) is 0 Å². The number of rotatable bonds is 6. The second-order valence-corrected chi connectivity index (χ2v) is 5.90. The number of fused-ring (bicyclic) bond motifs is 1. The van der Waals surface area contributed by atoms with E-state index < -0.39 is 0 Å². The first kappa shape index (κ1) is 17.7. The summed E-state index contributed by atoms with van der Waals surface area (Å²) in [5.41, 5.74) is 3.78. The number of aryl methyl sites for hydroxylation is 1. The molecule has 1 heterocycles. The average Bonchev–Trinajstić information content (AvgIpc) is 2.66. The highest BCUT2D eigenvalue weighted by Crippen LogP contribution is 2.24. The van der Waals surface area contributed by atoms with Crippen LogP contribution in [0, 0.1) is 6.92 Å². The highest BCUT2D eigenvalue weighted by molar-refractivity contribution is 5.88. The molecule has 3 rings (SSSR count). The smallest absolute Gasteiger partial charge is 0.330 e. The Kier molecular flexibility index (Phi) is 5.64. The molecule has 0 aliphatic rings. The summed E-state index contributed by atoms with van der Waals surface area (Å²) in [4.78, 5) is 16.0. The Labute approximate surface area is 153 Å². The minimum atomic E-state index is -0.364. The molecule has 132 valence electrons. The van der Waals surface area contributed by atoms with E-state index in [1.807, 2.05) is 61.5 Å². The zero-order chi connectivity index (χ0) is 18.4. The summed E-state index contributed by atoms with van der Waals surface area (Å²) >= 11 is 0. The third-order valence-corrected chi connectivity index (χ3v) is 3.93. The van der Waals surface area contributed by atoms with E-state index in [9.17, 15) is 4.79 Å². The van der Waals surface area contributed by atoms with Crippen LogP contribution in [0.2, 0.25) is 0 Å². The summed E-state index contributed by atoms with van der Waals surface area (Å²) in [7, 11) is 0. The minimum Gasteiger partial charge on any atom is -0.489 e. The zero-order valence-electron chi connectivity index (χ0n) is 14.9. The third-order valence-electron chi connectivity index (χ3n) is 3.93. The van der Waals surface area contributed by atoms with Crippen molar-refractivity contribution >= 4 is 22.9 Å². The predicted molar refractivity (Wildman–Crippen MR) is 103 cm³/mol. The molecule has 0 N–H and O–H groups in total. The molecule has 0 fully saturated rings. The van der Waals surface area contributed by atoms with Gasteiger partial charge in [-0.2, -0.15) is 0 Å². The molecule has 3 aromatic rings. The standard InChI is InChI=1S/C22H21NO3/c1-3-25-22(24)12-9-18-13-16(2)20-14-19(10-11-21(20)23-18)26-15-17-7-5-4-6-8-17/h4-14H,3,15H2,1-2H3/b12-9+. The molecule has 4 heteroatoms. The van der Waals surface area contributed by atoms with Gasteiger partial charge in [-0.3, -0.25) is 0 Å². The number of hydrogen-bond donors (Lipinski definition) is 0. The van der Waals surface area contributed by atoms with Crippen LogP contribution in [-0.2, 0) is 16.1 Å². The van der Waals surface area contributed by atoms with Crippen LogP contribution in [-0.4, -0.2) is 17.6 Å². The summed E-state index contributed by atoms with van der Waals surface area (Å²) in [5, 5.41) is 1.03. The van der Waals surface area contributed by atoms with Crippen LogP contribution in [0.3, 0.4) is 0 Å². The molecular formula is C22H21NO3. The van der Waals surface area contributed by atoms with Gasteiger partial charge in [0, 0.05) is 11.5 Å². The highest BCUT2D eigenvalue weighted by Gasteiger charge is 2.05. The molecule has 2 aromatic carbocycles. The van der Waals surface area contributed by atoms with Crippen LogP contribution < -0.4 is 4.74 Å². The van der Waals surface area contributed by atoms with Crippen LogP contribution in [0.1, 0.15) is 23.7 Å². The van der Waals surface area contributed by atoms with Crippen LogP contribution >= 0.6 is 0 Å². The molecular weight excluding hydrogens is 326 g/mol. The fourth-order valence-electron chi connectivity index (χ4n) is 2.66. The largest absolute Gasteiger partial charge is 0.489 e. The normalized spacial score (nSPS) is 11.0. The Morgan fingerprint density at radius 3 is 2.69 bits per heavy atom. The fourth-order valence-corrected chi connectivity index (χ4v) is 2.66. The number of hydrogen-bond acceptors (Lipinski definition) is 4. The van der Waals surface area contributed by atoms with Gasteiger partial charge >= 0.3 is 5.97 Å². The van der Waals surface area contributed by atoms with Crippen molar-refractivity contribution in [2.45, 2.75) is 20.5 Å². The first-order chi connectivity index (χ1) is 12.7. The van der Waals surface area contributed by atoms with Gasteiger partial charge in [-0.15, -0.1) is 0 Å². The molecule has 4 nitrogen and oxygen atoms in total. The molecule has 0 saturated heterocycles. The Morgan fingerprint density at radius 2 is 1.92 bits per heavy atom. The van der Waals surface area contributed by atoms with Gasteiger partial charge in [-0.05, 0) is 55.3 Å². The lowest BCUT2D eigenvalue weighted by Crippen LogP contribution is -1.99. The Bertz CT molecular complexity index is 933. The van der Waals surface area contributed by atoms with Crippen molar-refractivity contribution < 1.29 is 14.3 Å². The van der Waals surface area contributed by atoms with Crippen LogP contribution in [0.4, 0.5) is 0 Å². The Balaban J connectivity index is 1.78. The monoisotopic (exact) mass is 347 g/mol. The number of carbonyl (C=O) groups excluding carboxylic acids is 1. The Hall–Kier alpha value is -3.14. The van der Waals surface area contributed by atoms with Crippen molar-refractivity contribution in [3.05, 3.63) is 77.5 Å². The van der Waals surface area contributed by atoms with E-state index in [4.69, 9.17) is 9.47 Å². The molecule has 0 amide bonds. The first-order valence-electron chi connectivity index (χ1n) is 8.58. The Morgan fingerprint density at radius 1 is 1.12 bits per heavy atom. The molecule has 1 aromatic heterocycles. The molecule has 0 atom stereocenters. The van der Waals surface area contributed by atoms with E-state index in [0.717, 1.165) is 33.5 Å². The molecule has 0 spiro atoms. The number of nitrogens with zero attached hydrogens (tertiary/aromatic N) is 1. The van der Waals surface area contributed by atoms with E-state index in [1.54, 1.807) is 13.0 Å². The van der Waals surface area contributed by atoms with E-state index in [2.05, 4.69) is 4.98 Å². The fraction of sp³-hybridized carbons (Fsp3) is 0.182. The van der Waals surface area contributed by atoms with Crippen LogP contribution in [0.5, 0.6) is 5.75 Å². The molecule has 0 bridgehead atoms. The number of esters is 1. The topological polar surface area (TPSA) is 48.4 Å². The van der Waals surface area contributed by atoms with Crippen molar-refractivity contribution in [3.8, 4) is 5.75 Å². The zero-order valence-corrected chi connectivity index (χ0v) is 14.9. The molecule has 26 heavy (non-hydrogen) atoms. The maximum atomic E-state index is 11.4. The molecule has 0 aliphatic heterocycles. The van der Waals surface area contributed by atoms with Crippen molar-refractivity contribution in [1.82, 2.24) is 4.98 Å². The SMILES string of the molecule is CCOC(=O)/C=C/c1cc(C)c2cc(OCc3ccccc3)ccc2n1. The van der Waals surface area contributed by atoms with E-state index in [-0.39, 0.29) is 5.97 Å². The minimum absolute atomic E-state index is 0.360. The molecule has 0 unspecified atom stereocenters. The predicted octanol–water partition coefficient (Wildman–Crippen LogP) is 4.70. The second-order valence-electron chi connectivity index (χ2n) is 5.90. The number of pyridine rings is 1. The second kappa shape index (κ2) is 8.30. The van der Waals surface area contributed by atoms with E-state index in [1.165, 1.54) is 6.08 Å². The summed E-state index contributed by atoms with van der Waals surface area (Å²) < 4.78 is 10.8. The summed E-state index contributed by atoms with van der Waals surface area (Å²) in [6.45, 7) is 4.69. The van der Waals surface area contributed by atoms with E-state index in [0.29, 0.717) is 13.2 Å². The third kappa shape index (κ3) is 4.48. The van der Waals surface area contributed by atoms with Gasteiger partial charge in [0.15, 0.2) is 0 Å². The quantitative estimate of drug-likeness (QED) is 0.479. The summed E-state index contributed by atoms with van der Waals surface area (Å²) in [6.07, 6.45) is 3.07. The lowest BCUT2D eigenvalue weighted by Gasteiger charge is -2.09. The molecule has 0 radical (unpaired) electrons. The van der Waals surface area contributed by atoms with Crippen LogP contribution in [0.25, 0.3) is 17.0 Å². The van der Waals surface area contributed by atoms with Gasteiger partial charge in [0.2, 0.25) is 0 Å². The summed E-state index contributed by atoms with van der Waals surface area (Å²) in [6, 6.07) is 17.9. The lowest BCUT2D eigenvalue weighted by atomic mass is 10.1. The van der Waals surface area contributed by atoms with Crippen molar-refractivity contribution in [2.24, 2.45) is 0 Å². The first-order valence-corrected chi connectivity index (χ1v) is 8.58.